The number of rotatable bonds is 10. The smallest absolute Gasteiger partial charge is 0.350 e. The number of aromatic nitrogens is 3. The first-order valence-corrected chi connectivity index (χ1v) is 11.8. The van der Waals surface area contributed by atoms with Crippen molar-refractivity contribution >= 4 is 11.6 Å². The number of aryl methyl sites for hydroxylation is 2. The summed E-state index contributed by atoms with van der Waals surface area (Å²) in [6, 6.07) is 9.99. The molecule has 1 heterocycles. The van der Waals surface area contributed by atoms with E-state index in [1.54, 1.807) is 7.05 Å². The maximum absolute atomic E-state index is 15.3. The van der Waals surface area contributed by atoms with Gasteiger partial charge in [-0.05, 0) is 36.5 Å². The molecular weight excluding hydrogens is 435 g/mol. The molecule has 182 valence electrons. The number of hydrogen-bond donors (Lipinski definition) is 1. The zero-order valence-corrected chi connectivity index (χ0v) is 20.5. The Morgan fingerprint density at radius 1 is 1.18 bits per heavy atom. The first-order chi connectivity index (χ1) is 16.3. The van der Waals surface area contributed by atoms with Gasteiger partial charge in [-0.2, -0.15) is 4.68 Å². The Balaban J connectivity index is 2.05. The van der Waals surface area contributed by atoms with Crippen molar-refractivity contribution in [3.05, 3.63) is 69.7 Å². The summed E-state index contributed by atoms with van der Waals surface area (Å²) in [5.41, 5.74) is 1.19. The van der Waals surface area contributed by atoms with Gasteiger partial charge in [-0.15, -0.1) is 5.10 Å². The highest BCUT2D eigenvalue weighted by Crippen LogP contribution is 2.28. The molecule has 1 N–H and O–H groups in total. The first kappa shape index (κ1) is 25.2. The van der Waals surface area contributed by atoms with E-state index in [0.717, 1.165) is 35.6 Å². The average molecular weight is 469 g/mol. The molecule has 0 aliphatic heterocycles. The van der Waals surface area contributed by atoms with Crippen LogP contribution >= 0.6 is 0 Å². The average Bonchev–Trinajstić information content (AvgIpc) is 3.12. The number of anilines is 1. The Kier molecular flexibility index (Phi) is 8.26. The minimum Gasteiger partial charge on any atom is -0.492 e. The molecule has 0 bridgehead atoms. The second-order valence-electron chi connectivity index (χ2n) is 8.49. The molecule has 0 unspecified atom stereocenters. The van der Waals surface area contributed by atoms with Crippen molar-refractivity contribution in [1.29, 1.82) is 0 Å². The van der Waals surface area contributed by atoms with E-state index in [4.69, 9.17) is 4.74 Å². The van der Waals surface area contributed by atoms with Gasteiger partial charge in [0.2, 0.25) is 0 Å². The summed E-state index contributed by atoms with van der Waals surface area (Å²) in [4.78, 5) is 25.9. The van der Waals surface area contributed by atoms with Crippen molar-refractivity contribution in [1.82, 2.24) is 14.3 Å². The van der Waals surface area contributed by atoms with Crippen molar-refractivity contribution in [3.63, 3.8) is 0 Å². The molecule has 3 aromatic rings. The maximum atomic E-state index is 15.3. The third-order valence-corrected chi connectivity index (χ3v) is 5.86. The van der Waals surface area contributed by atoms with Crippen molar-refractivity contribution in [2.45, 2.75) is 53.4 Å². The third-order valence-electron chi connectivity index (χ3n) is 5.86. The van der Waals surface area contributed by atoms with Crippen LogP contribution in [0.1, 0.15) is 62.3 Å². The number of benzene rings is 2. The summed E-state index contributed by atoms with van der Waals surface area (Å²) in [7, 11) is 1.60. The number of carbonyl (C=O) groups is 1. The van der Waals surface area contributed by atoms with Crippen LogP contribution in [0.4, 0.5) is 10.1 Å². The lowest BCUT2D eigenvalue weighted by Gasteiger charge is -2.17. The molecule has 34 heavy (non-hydrogen) atoms. The van der Waals surface area contributed by atoms with E-state index < -0.39 is 17.4 Å². The van der Waals surface area contributed by atoms with Crippen LogP contribution < -0.4 is 15.7 Å². The molecule has 0 saturated carbocycles. The highest BCUT2D eigenvalue weighted by Gasteiger charge is 2.22. The van der Waals surface area contributed by atoms with E-state index in [-0.39, 0.29) is 22.9 Å². The molecule has 0 aliphatic rings. The fraction of sp³-hybridized carbons (Fsp3) is 0.423. The van der Waals surface area contributed by atoms with Gasteiger partial charge < -0.3 is 10.1 Å². The number of hydrogen-bond acceptors (Lipinski definition) is 4. The van der Waals surface area contributed by atoms with Crippen molar-refractivity contribution in [3.8, 4) is 11.4 Å². The van der Waals surface area contributed by atoms with Crippen molar-refractivity contribution in [2.24, 2.45) is 13.0 Å². The molecule has 3 rings (SSSR count). The number of nitrogens with zero attached hydrogens (tertiary/aromatic N) is 3. The van der Waals surface area contributed by atoms with Crippen LogP contribution in [0.25, 0.3) is 5.69 Å². The second-order valence-corrected chi connectivity index (χ2v) is 8.49. The summed E-state index contributed by atoms with van der Waals surface area (Å²) in [6.07, 6.45) is 3.22. The predicted molar refractivity (Wildman–Crippen MR) is 131 cm³/mol. The fourth-order valence-electron chi connectivity index (χ4n) is 3.89. The van der Waals surface area contributed by atoms with E-state index in [1.165, 1.54) is 10.6 Å². The predicted octanol–water partition coefficient (Wildman–Crippen LogP) is 4.90. The summed E-state index contributed by atoms with van der Waals surface area (Å²) in [5.74, 6) is -0.222. The molecule has 0 fully saturated rings. The van der Waals surface area contributed by atoms with Crippen LogP contribution in [0.5, 0.6) is 5.75 Å². The summed E-state index contributed by atoms with van der Waals surface area (Å²) in [5, 5.41) is 7.14. The van der Waals surface area contributed by atoms with E-state index in [1.807, 2.05) is 38.1 Å². The van der Waals surface area contributed by atoms with Gasteiger partial charge in [0, 0.05) is 25.2 Å². The Labute approximate surface area is 199 Å². The highest BCUT2D eigenvalue weighted by atomic mass is 19.1. The normalized spacial score (nSPS) is 11.9. The molecule has 1 amide bonds. The number of halogens is 1. The lowest BCUT2D eigenvalue weighted by Crippen LogP contribution is -2.23. The van der Waals surface area contributed by atoms with Gasteiger partial charge in [-0.25, -0.2) is 9.18 Å². The Bertz CT molecular complexity index is 1220. The van der Waals surface area contributed by atoms with Crippen LogP contribution in [-0.2, 0) is 19.9 Å². The number of carbonyl (C=O) groups excluding carboxylic acids is 1. The molecule has 0 aliphatic carbocycles. The lowest BCUT2D eigenvalue weighted by molar-refractivity contribution is 0.102. The monoisotopic (exact) mass is 468 g/mol. The molecule has 0 radical (unpaired) electrons. The summed E-state index contributed by atoms with van der Waals surface area (Å²) >= 11 is 0. The third kappa shape index (κ3) is 5.38. The highest BCUT2D eigenvalue weighted by molar-refractivity contribution is 6.06. The zero-order chi connectivity index (χ0) is 24.8. The van der Waals surface area contributed by atoms with Crippen molar-refractivity contribution < 1.29 is 13.9 Å². The molecular formula is C26H33FN4O3. The van der Waals surface area contributed by atoms with Crippen LogP contribution in [0, 0.1) is 11.7 Å². The molecule has 7 nitrogen and oxygen atoms in total. The zero-order valence-electron chi connectivity index (χ0n) is 20.5. The minimum atomic E-state index is -0.731. The van der Waals surface area contributed by atoms with Gasteiger partial charge >= 0.3 is 5.69 Å². The van der Waals surface area contributed by atoms with Gasteiger partial charge in [0.15, 0.2) is 0 Å². The maximum Gasteiger partial charge on any atom is 0.350 e. The molecule has 2 aromatic carbocycles. The number of para-hydroxylation sites is 1. The van der Waals surface area contributed by atoms with Crippen LogP contribution in [0.3, 0.4) is 0 Å². The van der Waals surface area contributed by atoms with Gasteiger partial charge in [0.1, 0.15) is 23.1 Å². The number of nitrogens with one attached hydrogen (secondary N) is 1. The molecule has 0 spiro atoms. The molecule has 1 atom stereocenters. The standard InChI is InChI=1S/C26H33FN4O3/c1-6-11-17(4)16-34-23-15-22(31-26(33)30(5)24(8-3)29-31)20(27)14-19(23)25(32)28-21-13-10-9-12-18(21)7-2/h9-10,12-15,17H,6-8,11,16H2,1-5H3,(H,28,32)/t17-/m0/s1. The minimum absolute atomic E-state index is 0.0519. The van der Waals surface area contributed by atoms with E-state index in [9.17, 15) is 9.59 Å². The van der Waals surface area contributed by atoms with E-state index in [2.05, 4.69) is 24.3 Å². The molecule has 0 saturated heterocycles. The van der Waals surface area contributed by atoms with Gasteiger partial charge in [0.05, 0.1) is 12.2 Å². The van der Waals surface area contributed by atoms with Gasteiger partial charge in [0.25, 0.3) is 5.91 Å². The van der Waals surface area contributed by atoms with E-state index >= 15 is 4.39 Å². The van der Waals surface area contributed by atoms with Crippen LogP contribution in [0.2, 0.25) is 0 Å². The van der Waals surface area contributed by atoms with Crippen molar-refractivity contribution in [2.75, 3.05) is 11.9 Å². The molecule has 8 heteroatoms. The van der Waals surface area contributed by atoms with Crippen LogP contribution in [-0.4, -0.2) is 26.9 Å². The Hall–Kier alpha value is -3.42. The topological polar surface area (TPSA) is 78.2 Å². The van der Waals surface area contributed by atoms with Gasteiger partial charge in [-0.1, -0.05) is 52.3 Å². The summed E-state index contributed by atoms with van der Waals surface area (Å²) < 4.78 is 23.7. The lowest BCUT2D eigenvalue weighted by atomic mass is 10.1. The molecule has 1 aromatic heterocycles. The largest absolute Gasteiger partial charge is 0.492 e. The first-order valence-electron chi connectivity index (χ1n) is 11.8. The number of amides is 1. The number of ether oxygens (including phenoxy) is 1. The Morgan fingerprint density at radius 2 is 1.91 bits per heavy atom. The SMILES string of the molecule is CCC[C@H](C)COc1cc(-n2nc(CC)n(C)c2=O)c(F)cc1C(=O)Nc1ccccc1CC. The quantitative estimate of drug-likeness (QED) is 0.459. The fourth-order valence-corrected chi connectivity index (χ4v) is 3.89. The summed E-state index contributed by atoms with van der Waals surface area (Å²) in [6.45, 7) is 8.38. The van der Waals surface area contributed by atoms with E-state index in [0.29, 0.717) is 24.5 Å². The van der Waals surface area contributed by atoms with Crippen LogP contribution in [0.15, 0.2) is 41.2 Å². The second kappa shape index (κ2) is 11.1. The Morgan fingerprint density at radius 3 is 2.56 bits per heavy atom. The van der Waals surface area contributed by atoms with Gasteiger partial charge in [-0.3, -0.25) is 9.36 Å².